The number of benzene rings is 2. The van der Waals surface area contributed by atoms with Gasteiger partial charge in [0.2, 0.25) is 11.8 Å². The number of nitrogens with one attached hydrogen (secondary N) is 4. The number of halogens is 4. The van der Waals surface area contributed by atoms with Crippen LogP contribution in [0.25, 0.3) is 0 Å². The van der Waals surface area contributed by atoms with Crippen LogP contribution in [0.5, 0.6) is 5.75 Å². The summed E-state index contributed by atoms with van der Waals surface area (Å²) in [7, 11) is 1.51. The van der Waals surface area contributed by atoms with E-state index >= 15 is 0 Å². The normalized spacial score (nSPS) is 13.0. The first kappa shape index (κ1) is 43.5. The van der Waals surface area contributed by atoms with E-state index in [0.29, 0.717) is 32.4 Å². The van der Waals surface area contributed by atoms with Crippen molar-refractivity contribution in [2.45, 2.75) is 84.4 Å². The molecule has 52 heavy (non-hydrogen) atoms. The molecule has 0 aliphatic rings. The highest BCUT2D eigenvalue weighted by atomic mass is 35.5. The second-order valence-electron chi connectivity index (χ2n) is 12.9. The molecule has 1 aromatic heterocycles. The van der Waals surface area contributed by atoms with Crippen molar-refractivity contribution in [3.8, 4) is 5.75 Å². The zero-order valence-corrected chi connectivity index (χ0v) is 31.4. The number of aldehydes is 1. The monoisotopic (exact) mass is 768 g/mol. The van der Waals surface area contributed by atoms with Crippen LogP contribution in [0, 0.1) is 5.92 Å². The lowest BCUT2D eigenvalue weighted by molar-refractivity contribution is -0.131. The summed E-state index contributed by atoms with van der Waals surface area (Å²) in [6.45, 7) is 9.33. The highest BCUT2D eigenvalue weighted by molar-refractivity contribution is 7.18. The van der Waals surface area contributed by atoms with Gasteiger partial charge in [-0.1, -0.05) is 61.8 Å². The average molecular weight is 769 g/mol. The van der Waals surface area contributed by atoms with Crippen molar-refractivity contribution in [2.75, 3.05) is 7.11 Å². The molecule has 0 aliphatic heterocycles. The molecule has 0 radical (unpaired) electrons. The summed E-state index contributed by atoms with van der Waals surface area (Å²) in [4.78, 5) is 64.6. The summed E-state index contributed by atoms with van der Waals surface area (Å²) >= 11 is 7.11. The summed E-state index contributed by atoms with van der Waals surface area (Å²) in [5.74, 6) is -1.36. The summed E-state index contributed by atoms with van der Waals surface area (Å²) < 4.78 is 42.0. The van der Waals surface area contributed by atoms with Crippen molar-refractivity contribution in [1.29, 1.82) is 0 Å². The number of rotatable bonds is 14. The van der Waals surface area contributed by atoms with Crippen LogP contribution in [0.2, 0.25) is 4.34 Å². The Kier molecular flexibility index (Phi) is 16.6. The molecule has 16 heteroatoms. The molecule has 1 heterocycles. The number of thiophene rings is 1. The van der Waals surface area contributed by atoms with E-state index in [1.54, 1.807) is 95.3 Å². The molecule has 0 saturated heterocycles. The zero-order chi connectivity index (χ0) is 39.2. The predicted molar refractivity (Wildman–Crippen MR) is 192 cm³/mol. The van der Waals surface area contributed by atoms with E-state index < -0.39 is 53.7 Å². The van der Waals surface area contributed by atoms with Crippen LogP contribution in [-0.4, -0.2) is 61.1 Å². The van der Waals surface area contributed by atoms with E-state index in [-0.39, 0.29) is 25.8 Å². The molecular weight excluding hydrogens is 725 g/mol. The molecule has 0 spiro atoms. The summed E-state index contributed by atoms with van der Waals surface area (Å²) in [5, 5.41) is 11.0. The van der Waals surface area contributed by atoms with Crippen LogP contribution in [-0.2, 0) is 32.1 Å². The second-order valence-corrected chi connectivity index (χ2v) is 14.6. The molecule has 0 bridgehead atoms. The molecule has 284 valence electrons. The van der Waals surface area contributed by atoms with Gasteiger partial charge in [-0.25, -0.2) is 4.79 Å². The van der Waals surface area contributed by atoms with E-state index in [9.17, 15) is 37.1 Å². The SMILES string of the molecule is CC(F)(F)F.COc1ccc(C(NC(=O)[C@H](Cc2ccc(CNC(=O)OC(C)(C)C)cc2)NC(=O)c2ccc(Cl)s2)C(=O)N[C@H](C=O)C(C)C)cc1. The fourth-order valence-electron chi connectivity index (χ4n) is 4.34. The van der Waals surface area contributed by atoms with E-state index in [1.165, 1.54) is 7.11 Å². The molecule has 4 amide bonds. The van der Waals surface area contributed by atoms with Crippen molar-refractivity contribution >= 4 is 53.0 Å². The maximum absolute atomic E-state index is 13.9. The van der Waals surface area contributed by atoms with Crippen LogP contribution in [0.1, 0.15) is 73.9 Å². The van der Waals surface area contributed by atoms with Crippen LogP contribution in [0.3, 0.4) is 0 Å². The Balaban J connectivity index is 0.00000175. The van der Waals surface area contributed by atoms with Gasteiger partial charge in [0.25, 0.3) is 5.91 Å². The lowest BCUT2D eigenvalue weighted by Gasteiger charge is -2.25. The molecule has 0 saturated carbocycles. The number of ether oxygens (including phenoxy) is 2. The largest absolute Gasteiger partial charge is 0.497 e. The highest BCUT2D eigenvalue weighted by Gasteiger charge is 2.30. The average Bonchev–Trinajstić information content (AvgIpc) is 3.50. The van der Waals surface area contributed by atoms with E-state index in [1.807, 2.05) is 0 Å². The quantitative estimate of drug-likeness (QED) is 0.136. The van der Waals surface area contributed by atoms with Gasteiger partial charge >= 0.3 is 12.3 Å². The molecule has 1 unspecified atom stereocenters. The van der Waals surface area contributed by atoms with Crippen molar-refractivity contribution < 1.29 is 46.6 Å². The Morgan fingerprint density at radius 1 is 0.846 bits per heavy atom. The minimum absolute atomic E-state index is 0.0797. The van der Waals surface area contributed by atoms with Gasteiger partial charge in [0.15, 0.2) is 0 Å². The molecule has 0 fully saturated rings. The van der Waals surface area contributed by atoms with Gasteiger partial charge in [0.05, 0.1) is 22.4 Å². The van der Waals surface area contributed by atoms with Crippen molar-refractivity contribution in [2.24, 2.45) is 5.92 Å². The third-order valence-corrected chi connectivity index (χ3v) is 8.12. The van der Waals surface area contributed by atoms with Gasteiger partial charge in [-0.3, -0.25) is 14.4 Å². The topological polar surface area (TPSA) is 152 Å². The first-order valence-electron chi connectivity index (χ1n) is 16.1. The highest BCUT2D eigenvalue weighted by Crippen LogP contribution is 2.22. The maximum atomic E-state index is 13.9. The van der Waals surface area contributed by atoms with Crippen LogP contribution >= 0.6 is 22.9 Å². The maximum Gasteiger partial charge on any atom is 0.407 e. The van der Waals surface area contributed by atoms with Gasteiger partial charge < -0.3 is 35.5 Å². The summed E-state index contributed by atoms with van der Waals surface area (Å²) in [6, 6.07) is 13.8. The Hall–Kier alpha value is -4.63. The predicted octanol–water partition coefficient (Wildman–Crippen LogP) is 6.54. The molecule has 0 aliphatic carbocycles. The van der Waals surface area contributed by atoms with Gasteiger partial charge in [-0.15, -0.1) is 11.3 Å². The van der Waals surface area contributed by atoms with Crippen molar-refractivity contribution in [3.05, 3.63) is 86.6 Å². The van der Waals surface area contributed by atoms with E-state index in [2.05, 4.69) is 21.3 Å². The lowest BCUT2D eigenvalue weighted by Crippen LogP contribution is -2.52. The molecular formula is C36H44ClF3N4O7S. The second kappa shape index (κ2) is 19.8. The number of carbonyl (C=O) groups excluding carboxylic acids is 5. The first-order valence-corrected chi connectivity index (χ1v) is 17.3. The Labute approximate surface area is 310 Å². The van der Waals surface area contributed by atoms with Crippen molar-refractivity contribution in [1.82, 2.24) is 21.3 Å². The Morgan fingerprint density at radius 2 is 1.42 bits per heavy atom. The van der Waals surface area contributed by atoms with E-state index in [0.717, 1.165) is 16.9 Å². The zero-order valence-electron chi connectivity index (χ0n) is 29.9. The number of amides is 4. The fourth-order valence-corrected chi connectivity index (χ4v) is 5.28. The third-order valence-electron chi connectivity index (χ3n) is 6.89. The van der Waals surface area contributed by atoms with Gasteiger partial charge in [0.1, 0.15) is 29.7 Å². The smallest absolute Gasteiger partial charge is 0.407 e. The number of alkyl halides is 3. The van der Waals surface area contributed by atoms with Crippen LogP contribution < -0.4 is 26.0 Å². The molecule has 3 atom stereocenters. The molecule has 3 rings (SSSR count). The minimum atomic E-state index is -4.00. The van der Waals surface area contributed by atoms with Crippen LogP contribution in [0.4, 0.5) is 18.0 Å². The summed E-state index contributed by atoms with van der Waals surface area (Å²) in [6.07, 6.45) is -3.81. The van der Waals surface area contributed by atoms with Gasteiger partial charge in [0, 0.05) is 19.9 Å². The molecule has 4 N–H and O–H groups in total. The summed E-state index contributed by atoms with van der Waals surface area (Å²) in [5.41, 5.74) is 1.33. The van der Waals surface area contributed by atoms with E-state index in [4.69, 9.17) is 21.1 Å². The first-order chi connectivity index (χ1) is 24.2. The fraction of sp³-hybridized carbons (Fsp3) is 0.417. The van der Waals surface area contributed by atoms with Gasteiger partial charge in [-0.2, -0.15) is 13.2 Å². The van der Waals surface area contributed by atoms with Gasteiger partial charge in [-0.05, 0) is 67.6 Å². The Bertz CT molecular complexity index is 1640. The number of alkyl carbamates (subject to hydrolysis) is 1. The number of carbonyl (C=O) groups is 5. The molecule has 3 aromatic rings. The molecule has 2 aromatic carbocycles. The lowest BCUT2D eigenvalue weighted by atomic mass is 10.0. The third kappa shape index (κ3) is 16.1. The standard InChI is InChI=1S/C34H41ClN4O7S.C2H3F3/c1-20(2)26(19-40)38-32(43)29(23-11-13-24(45-6)14-12-23)39-30(41)25(37-31(42)27-15-16-28(35)47-27)17-21-7-9-22(10-8-21)18-36-33(44)46-34(3,4)5;1-2(3,4)5/h7-16,19-20,25-26,29H,17-18H2,1-6H3,(H,36,44)(H,37,42)(H,38,43)(H,39,41);1H3/t25-,26+,29?;/m0./s1. The number of hydrogen-bond acceptors (Lipinski definition) is 8. The number of hydrogen-bond donors (Lipinski definition) is 4. The number of methoxy groups -OCH3 is 1. The van der Waals surface area contributed by atoms with Crippen LogP contribution in [0.15, 0.2) is 60.7 Å². The molecule has 11 nitrogen and oxygen atoms in total. The van der Waals surface area contributed by atoms with Crippen molar-refractivity contribution in [3.63, 3.8) is 0 Å². The Morgan fingerprint density at radius 3 is 1.90 bits per heavy atom. The minimum Gasteiger partial charge on any atom is -0.497 e.